The summed E-state index contributed by atoms with van der Waals surface area (Å²) in [6.07, 6.45) is 11.2. The molecule has 8 heteroatoms. The monoisotopic (exact) mass is 412 g/mol. The zero-order valence-corrected chi connectivity index (χ0v) is 15.9. The quantitative estimate of drug-likeness (QED) is 0.542. The fourth-order valence-electron chi connectivity index (χ4n) is 2.87. The number of methoxy groups -OCH3 is 1. The first-order valence-corrected chi connectivity index (χ1v) is 8.81. The molecule has 26 heavy (non-hydrogen) atoms. The predicted octanol–water partition coefficient (Wildman–Crippen LogP) is 3.51. The Morgan fingerprint density at radius 3 is 2.77 bits per heavy atom. The van der Waals surface area contributed by atoms with E-state index in [1.165, 1.54) is 0 Å². The zero-order chi connectivity index (χ0) is 18.1. The predicted molar refractivity (Wildman–Crippen MR) is 103 cm³/mol. The molecule has 0 saturated carbocycles. The number of rotatable bonds is 5. The van der Waals surface area contributed by atoms with Crippen LogP contribution >= 0.6 is 15.9 Å². The van der Waals surface area contributed by atoms with Crippen LogP contribution in [0.5, 0.6) is 5.75 Å². The molecule has 0 aliphatic carbocycles. The molecule has 0 amide bonds. The minimum atomic E-state index is 0.620. The minimum Gasteiger partial charge on any atom is -0.494 e. The number of hydrogen-bond acceptors (Lipinski definition) is 5. The van der Waals surface area contributed by atoms with Gasteiger partial charge in [0.1, 0.15) is 11.3 Å². The van der Waals surface area contributed by atoms with Crippen LogP contribution in [-0.2, 0) is 13.6 Å². The summed E-state index contributed by atoms with van der Waals surface area (Å²) in [4.78, 5) is 4.08. The maximum atomic E-state index is 5.64. The molecule has 4 aromatic heterocycles. The highest BCUT2D eigenvalue weighted by molar-refractivity contribution is 9.10. The lowest BCUT2D eigenvalue weighted by Crippen LogP contribution is -2.01. The number of hydrogen-bond donors (Lipinski definition) is 1. The topological polar surface area (TPSA) is 69.3 Å². The number of ether oxygens (including phenoxy) is 1. The summed E-state index contributed by atoms with van der Waals surface area (Å²) in [7, 11) is 3.57. The van der Waals surface area contributed by atoms with Crippen LogP contribution in [0.1, 0.15) is 5.56 Å². The molecule has 7 nitrogen and oxygen atoms in total. The average molecular weight is 413 g/mol. The van der Waals surface area contributed by atoms with E-state index in [0.717, 1.165) is 38.1 Å². The third-order valence-corrected chi connectivity index (χ3v) is 4.78. The van der Waals surface area contributed by atoms with Gasteiger partial charge in [-0.05, 0) is 28.1 Å². The Bertz CT molecular complexity index is 1070. The Kier molecular flexibility index (Phi) is 4.34. The highest BCUT2D eigenvalue weighted by atomic mass is 79.9. The Morgan fingerprint density at radius 1 is 1.15 bits per heavy atom. The van der Waals surface area contributed by atoms with Crippen molar-refractivity contribution in [2.75, 3.05) is 12.4 Å². The van der Waals surface area contributed by atoms with E-state index in [-0.39, 0.29) is 0 Å². The van der Waals surface area contributed by atoms with Gasteiger partial charge < -0.3 is 10.1 Å². The summed E-state index contributed by atoms with van der Waals surface area (Å²) in [6.45, 7) is 0.620. The number of pyridine rings is 2. The molecule has 0 radical (unpaired) electrons. The fourth-order valence-corrected chi connectivity index (χ4v) is 3.26. The van der Waals surface area contributed by atoms with Crippen LogP contribution < -0.4 is 10.1 Å². The van der Waals surface area contributed by atoms with Crippen molar-refractivity contribution in [1.29, 1.82) is 0 Å². The lowest BCUT2D eigenvalue weighted by Gasteiger charge is -2.10. The van der Waals surface area contributed by atoms with Crippen molar-refractivity contribution in [2.24, 2.45) is 7.05 Å². The third kappa shape index (κ3) is 3.03. The van der Waals surface area contributed by atoms with E-state index in [1.807, 2.05) is 48.5 Å². The highest BCUT2D eigenvalue weighted by Gasteiger charge is 2.13. The van der Waals surface area contributed by atoms with Crippen molar-refractivity contribution in [2.45, 2.75) is 6.54 Å². The molecule has 4 aromatic rings. The second-order valence-corrected chi connectivity index (χ2v) is 6.73. The van der Waals surface area contributed by atoms with E-state index in [2.05, 4.69) is 36.4 Å². The van der Waals surface area contributed by atoms with Crippen LogP contribution in [0.25, 0.3) is 16.6 Å². The Morgan fingerprint density at radius 2 is 2.04 bits per heavy atom. The summed E-state index contributed by atoms with van der Waals surface area (Å²) in [5.41, 5.74) is 4.98. The van der Waals surface area contributed by atoms with E-state index < -0.39 is 0 Å². The minimum absolute atomic E-state index is 0.620. The Labute approximate surface area is 158 Å². The number of aryl methyl sites for hydroxylation is 1. The van der Waals surface area contributed by atoms with Crippen molar-refractivity contribution >= 4 is 27.1 Å². The largest absolute Gasteiger partial charge is 0.494 e. The van der Waals surface area contributed by atoms with Gasteiger partial charge in [0.2, 0.25) is 0 Å². The van der Waals surface area contributed by atoms with Crippen LogP contribution in [0.4, 0.5) is 5.69 Å². The number of aromatic nitrogens is 5. The van der Waals surface area contributed by atoms with Crippen LogP contribution in [0.3, 0.4) is 0 Å². The first-order chi connectivity index (χ1) is 12.7. The van der Waals surface area contributed by atoms with Crippen molar-refractivity contribution < 1.29 is 4.74 Å². The second kappa shape index (κ2) is 6.80. The van der Waals surface area contributed by atoms with Crippen molar-refractivity contribution in [3.63, 3.8) is 0 Å². The van der Waals surface area contributed by atoms with Crippen LogP contribution in [0.15, 0.2) is 53.8 Å². The van der Waals surface area contributed by atoms with E-state index >= 15 is 0 Å². The summed E-state index contributed by atoms with van der Waals surface area (Å²) in [6, 6.07) is 3.94. The fraction of sp³-hybridized carbons (Fsp3) is 0.167. The molecular weight excluding hydrogens is 396 g/mol. The zero-order valence-electron chi connectivity index (χ0n) is 14.3. The lowest BCUT2D eigenvalue weighted by atomic mass is 10.1. The summed E-state index contributed by atoms with van der Waals surface area (Å²) in [5, 5.41) is 12.1. The van der Waals surface area contributed by atoms with Crippen molar-refractivity contribution in [1.82, 2.24) is 24.4 Å². The average Bonchev–Trinajstić information content (AvgIpc) is 3.26. The van der Waals surface area contributed by atoms with Crippen molar-refractivity contribution in [3.8, 4) is 16.9 Å². The Balaban J connectivity index is 1.70. The van der Waals surface area contributed by atoms with E-state index in [4.69, 9.17) is 4.74 Å². The van der Waals surface area contributed by atoms with E-state index in [0.29, 0.717) is 6.54 Å². The van der Waals surface area contributed by atoms with Crippen LogP contribution in [-0.4, -0.2) is 31.5 Å². The molecule has 1 N–H and O–H groups in total. The molecule has 0 aliphatic rings. The summed E-state index contributed by atoms with van der Waals surface area (Å²) in [5.74, 6) is 0.773. The van der Waals surface area contributed by atoms with Gasteiger partial charge >= 0.3 is 0 Å². The van der Waals surface area contributed by atoms with Crippen LogP contribution in [0, 0.1) is 0 Å². The van der Waals surface area contributed by atoms with Gasteiger partial charge in [-0.1, -0.05) is 0 Å². The van der Waals surface area contributed by atoms with Crippen molar-refractivity contribution in [3.05, 3.63) is 59.3 Å². The van der Waals surface area contributed by atoms with Gasteiger partial charge in [0, 0.05) is 55.1 Å². The number of halogens is 1. The maximum Gasteiger partial charge on any atom is 0.145 e. The smallest absolute Gasteiger partial charge is 0.145 e. The first kappa shape index (κ1) is 16.6. The molecule has 4 heterocycles. The van der Waals surface area contributed by atoms with Gasteiger partial charge in [-0.15, -0.1) is 0 Å². The molecule has 0 spiro atoms. The van der Waals surface area contributed by atoms with E-state index in [9.17, 15) is 0 Å². The van der Waals surface area contributed by atoms with Gasteiger partial charge in [-0.3, -0.25) is 9.67 Å². The molecule has 0 unspecified atom stereocenters. The molecule has 0 saturated heterocycles. The molecule has 0 fully saturated rings. The third-order valence-electron chi connectivity index (χ3n) is 4.15. The van der Waals surface area contributed by atoms with E-state index in [1.54, 1.807) is 24.2 Å². The number of anilines is 1. The molecule has 132 valence electrons. The molecule has 0 atom stereocenters. The normalized spacial score (nSPS) is 11.0. The summed E-state index contributed by atoms with van der Waals surface area (Å²) < 4.78 is 10.2. The molecule has 0 bridgehead atoms. The highest BCUT2D eigenvalue weighted by Crippen LogP contribution is 2.30. The van der Waals surface area contributed by atoms with Gasteiger partial charge in [-0.2, -0.15) is 10.2 Å². The van der Waals surface area contributed by atoms with Gasteiger partial charge in [-0.25, -0.2) is 4.52 Å². The lowest BCUT2D eigenvalue weighted by molar-refractivity contribution is 0.417. The van der Waals surface area contributed by atoms with Gasteiger partial charge in [0.25, 0.3) is 0 Å². The standard InChI is InChI=1S/C18H17BrN6O/c1-24-10-14(8-22-24)12-5-17(26-2)18-13(7-23-25(18)11-12)6-21-16-3-4-20-9-15(16)19/h3-5,7-11H,6H2,1-2H3,(H,20,21). The van der Waals surface area contributed by atoms with Gasteiger partial charge in [0.15, 0.2) is 0 Å². The first-order valence-electron chi connectivity index (χ1n) is 8.02. The molecular formula is C18H17BrN6O. The second-order valence-electron chi connectivity index (χ2n) is 5.87. The SMILES string of the molecule is COc1cc(-c2cnn(C)c2)cn2ncc(CNc3ccncc3Br)c12. The number of nitrogens with one attached hydrogen (secondary N) is 1. The molecule has 4 rings (SSSR count). The molecule has 0 aromatic carbocycles. The molecule has 0 aliphatic heterocycles. The van der Waals surface area contributed by atoms with Crippen LogP contribution in [0.2, 0.25) is 0 Å². The maximum absolute atomic E-state index is 5.64. The number of nitrogens with zero attached hydrogens (tertiary/aromatic N) is 5. The summed E-state index contributed by atoms with van der Waals surface area (Å²) >= 11 is 3.50. The Hall–Kier alpha value is -2.87. The van der Waals surface area contributed by atoms with Gasteiger partial charge in [0.05, 0.1) is 29.7 Å². The number of fused-ring (bicyclic) bond motifs is 1.